The van der Waals surface area contributed by atoms with E-state index in [4.69, 9.17) is 0 Å². The van der Waals surface area contributed by atoms with Gasteiger partial charge in [-0.25, -0.2) is 4.98 Å². The molecule has 6 heteroatoms. The molecule has 0 aliphatic carbocycles. The molecule has 0 unspecified atom stereocenters. The summed E-state index contributed by atoms with van der Waals surface area (Å²) < 4.78 is 0. The van der Waals surface area contributed by atoms with Crippen molar-refractivity contribution in [3.05, 3.63) is 38.5 Å². The van der Waals surface area contributed by atoms with Crippen LogP contribution in [0.25, 0.3) is 0 Å². The number of thiazole rings is 1. The number of aromatic nitrogens is 1. The van der Waals surface area contributed by atoms with Gasteiger partial charge in [0.1, 0.15) is 0 Å². The van der Waals surface area contributed by atoms with Crippen LogP contribution in [0.5, 0.6) is 0 Å². The Labute approximate surface area is 133 Å². The lowest BCUT2D eigenvalue weighted by atomic mass is 10.2. The second kappa shape index (κ2) is 6.68. The first-order valence-electron chi connectivity index (χ1n) is 7.18. The van der Waals surface area contributed by atoms with Crippen molar-refractivity contribution in [1.82, 2.24) is 14.8 Å². The number of hydrogen-bond donors (Lipinski definition) is 0. The van der Waals surface area contributed by atoms with Crippen molar-refractivity contribution < 1.29 is 4.79 Å². The summed E-state index contributed by atoms with van der Waals surface area (Å²) in [5.74, 6) is 0.180. The molecule has 0 spiro atoms. The first-order valence-corrected chi connectivity index (χ1v) is 8.94. The van der Waals surface area contributed by atoms with Gasteiger partial charge in [-0.3, -0.25) is 9.69 Å². The number of thiophene rings is 1. The van der Waals surface area contributed by atoms with Gasteiger partial charge in [-0.1, -0.05) is 6.07 Å². The number of nitrogens with zero attached hydrogens (tertiary/aromatic N) is 3. The SMILES string of the molecule is Cc1nc(CCN2CCN(C(=O)c3cccs3)CC2)cs1. The third kappa shape index (κ3) is 3.70. The van der Waals surface area contributed by atoms with E-state index < -0.39 is 0 Å². The van der Waals surface area contributed by atoms with E-state index in [-0.39, 0.29) is 5.91 Å². The van der Waals surface area contributed by atoms with Crippen LogP contribution in [0.4, 0.5) is 0 Å². The summed E-state index contributed by atoms with van der Waals surface area (Å²) in [5, 5.41) is 5.24. The third-order valence-electron chi connectivity index (χ3n) is 3.74. The van der Waals surface area contributed by atoms with Gasteiger partial charge in [0.2, 0.25) is 0 Å². The van der Waals surface area contributed by atoms with Crippen molar-refractivity contribution in [2.24, 2.45) is 0 Å². The number of amides is 1. The molecule has 0 bridgehead atoms. The molecule has 1 amide bonds. The van der Waals surface area contributed by atoms with Gasteiger partial charge in [-0.2, -0.15) is 0 Å². The normalized spacial score (nSPS) is 16.3. The molecule has 0 saturated carbocycles. The lowest BCUT2D eigenvalue weighted by Crippen LogP contribution is -2.49. The lowest BCUT2D eigenvalue weighted by molar-refractivity contribution is 0.0643. The molecule has 2 aromatic rings. The Hall–Kier alpha value is -1.24. The molecule has 0 atom stereocenters. The quantitative estimate of drug-likeness (QED) is 0.868. The predicted molar refractivity (Wildman–Crippen MR) is 87.2 cm³/mol. The summed E-state index contributed by atoms with van der Waals surface area (Å²) in [6.07, 6.45) is 1.00. The van der Waals surface area contributed by atoms with Gasteiger partial charge < -0.3 is 4.90 Å². The van der Waals surface area contributed by atoms with E-state index in [0.717, 1.165) is 49.0 Å². The minimum Gasteiger partial charge on any atom is -0.335 e. The second-order valence-corrected chi connectivity index (χ2v) is 7.23. The predicted octanol–water partition coefficient (Wildman–Crippen LogP) is 2.51. The molecule has 0 N–H and O–H groups in total. The fourth-order valence-electron chi connectivity index (χ4n) is 2.53. The van der Waals surface area contributed by atoms with Crippen LogP contribution in [0.15, 0.2) is 22.9 Å². The maximum atomic E-state index is 12.3. The summed E-state index contributed by atoms with van der Waals surface area (Å²) in [6, 6.07) is 3.84. The Balaban J connectivity index is 1.45. The molecule has 1 saturated heterocycles. The zero-order chi connectivity index (χ0) is 14.7. The average molecular weight is 321 g/mol. The van der Waals surface area contributed by atoms with Crippen LogP contribution < -0.4 is 0 Å². The van der Waals surface area contributed by atoms with Gasteiger partial charge in [-0.15, -0.1) is 22.7 Å². The molecule has 21 heavy (non-hydrogen) atoms. The zero-order valence-electron chi connectivity index (χ0n) is 12.1. The standard InChI is InChI=1S/C15H19N3OS2/c1-12-16-13(11-21-12)4-5-17-6-8-18(9-7-17)15(19)14-3-2-10-20-14/h2-3,10-11H,4-9H2,1H3. The van der Waals surface area contributed by atoms with Crippen LogP contribution in [0, 0.1) is 6.92 Å². The van der Waals surface area contributed by atoms with Crippen molar-refractivity contribution >= 4 is 28.6 Å². The lowest BCUT2D eigenvalue weighted by Gasteiger charge is -2.34. The van der Waals surface area contributed by atoms with Crippen LogP contribution in [-0.4, -0.2) is 53.4 Å². The van der Waals surface area contributed by atoms with Gasteiger partial charge in [-0.05, 0) is 18.4 Å². The Morgan fingerprint density at radius 3 is 2.71 bits per heavy atom. The molecule has 1 aliphatic heterocycles. The molecule has 0 radical (unpaired) electrons. The molecule has 0 aromatic carbocycles. The number of carbonyl (C=O) groups is 1. The molecule has 2 aromatic heterocycles. The van der Waals surface area contributed by atoms with Gasteiger partial charge in [0.25, 0.3) is 5.91 Å². The van der Waals surface area contributed by atoms with Crippen LogP contribution in [-0.2, 0) is 6.42 Å². The highest BCUT2D eigenvalue weighted by molar-refractivity contribution is 7.12. The summed E-state index contributed by atoms with van der Waals surface area (Å²) in [7, 11) is 0. The van der Waals surface area contributed by atoms with Crippen LogP contribution >= 0.6 is 22.7 Å². The maximum absolute atomic E-state index is 12.3. The highest BCUT2D eigenvalue weighted by atomic mass is 32.1. The van der Waals surface area contributed by atoms with E-state index in [2.05, 4.69) is 15.3 Å². The first-order chi connectivity index (χ1) is 10.2. The number of piperazine rings is 1. The summed E-state index contributed by atoms with van der Waals surface area (Å²) >= 11 is 3.24. The van der Waals surface area contributed by atoms with Crippen LogP contribution in [0.3, 0.4) is 0 Å². The summed E-state index contributed by atoms with van der Waals surface area (Å²) in [6.45, 7) is 6.65. The van der Waals surface area contributed by atoms with Crippen molar-refractivity contribution in [3.63, 3.8) is 0 Å². The first kappa shape index (κ1) is 14.7. The third-order valence-corrected chi connectivity index (χ3v) is 5.42. The van der Waals surface area contributed by atoms with Gasteiger partial charge in [0.05, 0.1) is 15.6 Å². The zero-order valence-corrected chi connectivity index (χ0v) is 13.8. The smallest absolute Gasteiger partial charge is 0.264 e. The summed E-state index contributed by atoms with van der Waals surface area (Å²) in [4.78, 5) is 22.0. The number of rotatable bonds is 4. The fourth-order valence-corrected chi connectivity index (χ4v) is 3.86. The van der Waals surface area contributed by atoms with Crippen molar-refractivity contribution in [2.45, 2.75) is 13.3 Å². The Bertz CT molecular complexity index is 586. The van der Waals surface area contributed by atoms with Gasteiger partial charge in [0.15, 0.2) is 0 Å². The molecule has 1 aliphatic rings. The highest BCUT2D eigenvalue weighted by Gasteiger charge is 2.22. The number of hydrogen-bond acceptors (Lipinski definition) is 5. The van der Waals surface area contributed by atoms with E-state index in [1.165, 1.54) is 17.0 Å². The van der Waals surface area contributed by atoms with E-state index in [1.54, 1.807) is 11.3 Å². The van der Waals surface area contributed by atoms with E-state index >= 15 is 0 Å². The Morgan fingerprint density at radius 2 is 2.10 bits per heavy atom. The molecule has 1 fully saturated rings. The summed E-state index contributed by atoms with van der Waals surface area (Å²) in [5.41, 5.74) is 1.19. The Morgan fingerprint density at radius 1 is 1.29 bits per heavy atom. The van der Waals surface area contributed by atoms with Crippen molar-refractivity contribution in [3.8, 4) is 0 Å². The fraction of sp³-hybridized carbons (Fsp3) is 0.467. The van der Waals surface area contributed by atoms with Crippen LogP contribution in [0.1, 0.15) is 20.4 Å². The molecule has 4 nitrogen and oxygen atoms in total. The topological polar surface area (TPSA) is 36.4 Å². The van der Waals surface area contributed by atoms with Gasteiger partial charge in [0, 0.05) is 44.5 Å². The largest absolute Gasteiger partial charge is 0.335 e. The molecule has 3 rings (SSSR count). The van der Waals surface area contributed by atoms with Gasteiger partial charge >= 0.3 is 0 Å². The monoisotopic (exact) mass is 321 g/mol. The van der Waals surface area contributed by atoms with E-state index in [0.29, 0.717) is 0 Å². The number of carbonyl (C=O) groups excluding carboxylic acids is 1. The average Bonchev–Trinajstić information content (AvgIpc) is 3.16. The maximum Gasteiger partial charge on any atom is 0.264 e. The molecule has 3 heterocycles. The van der Waals surface area contributed by atoms with Crippen molar-refractivity contribution in [1.29, 1.82) is 0 Å². The van der Waals surface area contributed by atoms with E-state index in [9.17, 15) is 4.79 Å². The molecular weight excluding hydrogens is 302 g/mol. The van der Waals surface area contributed by atoms with E-state index in [1.807, 2.05) is 29.3 Å². The number of aryl methyl sites for hydroxylation is 1. The second-order valence-electron chi connectivity index (χ2n) is 5.22. The van der Waals surface area contributed by atoms with Crippen molar-refractivity contribution in [2.75, 3.05) is 32.7 Å². The minimum absolute atomic E-state index is 0.180. The Kier molecular flexibility index (Phi) is 4.67. The molecule has 112 valence electrons. The molecular formula is C15H19N3OS2. The highest BCUT2D eigenvalue weighted by Crippen LogP contribution is 2.14. The minimum atomic E-state index is 0.180. The van der Waals surface area contributed by atoms with Crippen LogP contribution in [0.2, 0.25) is 0 Å².